The highest BCUT2D eigenvalue weighted by Gasteiger charge is 2.22. The molecule has 0 bridgehead atoms. The highest BCUT2D eigenvalue weighted by atomic mass is 16.5. The summed E-state index contributed by atoms with van der Waals surface area (Å²) in [5.74, 6) is 0.635. The van der Waals surface area contributed by atoms with Crippen LogP contribution in [0.1, 0.15) is 29.4 Å². The van der Waals surface area contributed by atoms with Gasteiger partial charge >= 0.3 is 0 Å². The van der Waals surface area contributed by atoms with Gasteiger partial charge in [0.25, 0.3) is 5.91 Å². The van der Waals surface area contributed by atoms with Gasteiger partial charge in [-0.15, -0.1) is 0 Å². The molecule has 3 aromatic rings. The van der Waals surface area contributed by atoms with Gasteiger partial charge in [-0.2, -0.15) is 5.10 Å². The van der Waals surface area contributed by atoms with Gasteiger partial charge in [0.05, 0.1) is 11.4 Å². The summed E-state index contributed by atoms with van der Waals surface area (Å²) < 4.78 is 7.74. The van der Waals surface area contributed by atoms with Crippen LogP contribution in [0.15, 0.2) is 54.6 Å². The van der Waals surface area contributed by atoms with Gasteiger partial charge < -0.3 is 9.64 Å². The van der Waals surface area contributed by atoms with Crippen molar-refractivity contribution in [3.05, 3.63) is 77.1 Å². The molecule has 1 amide bonds. The Bertz CT molecular complexity index is 946. The Hall–Kier alpha value is -3.08. The maximum absolute atomic E-state index is 12.8. The van der Waals surface area contributed by atoms with E-state index in [0.29, 0.717) is 12.3 Å². The predicted molar refractivity (Wildman–Crippen MR) is 111 cm³/mol. The topological polar surface area (TPSA) is 47.4 Å². The summed E-state index contributed by atoms with van der Waals surface area (Å²) in [5.41, 5.74) is 5.19. The third-order valence-electron chi connectivity index (χ3n) is 4.90. The Kier molecular flexibility index (Phi) is 5.83. The first kappa shape index (κ1) is 19.7. The second-order valence-corrected chi connectivity index (χ2v) is 7.16. The van der Waals surface area contributed by atoms with E-state index in [4.69, 9.17) is 4.74 Å². The van der Waals surface area contributed by atoms with Crippen LogP contribution in [0.3, 0.4) is 0 Å². The lowest BCUT2D eigenvalue weighted by Gasteiger charge is -2.22. The molecular weight excluding hydrogens is 350 g/mol. The molecule has 5 heteroatoms. The number of carbonyl (C=O) groups is 1. The lowest BCUT2D eigenvalue weighted by molar-refractivity contribution is -0.137. The van der Waals surface area contributed by atoms with Gasteiger partial charge in [0.2, 0.25) is 0 Å². The van der Waals surface area contributed by atoms with Crippen LogP contribution in [0.25, 0.3) is 5.69 Å². The van der Waals surface area contributed by atoms with Gasteiger partial charge in [0.1, 0.15) is 5.75 Å². The molecule has 0 unspecified atom stereocenters. The largest absolute Gasteiger partial charge is 0.481 e. The summed E-state index contributed by atoms with van der Waals surface area (Å²) in [6.07, 6.45) is -0.558. The number of nitrogens with zero attached hydrogens (tertiary/aromatic N) is 3. The zero-order valence-corrected chi connectivity index (χ0v) is 17.1. The number of hydrogen-bond acceptors (Lipinski definition) is 3. The maximum Gasteiger partial charge on any atom is 0.263 e. The van der Waals surface area contributed by atoms with Crippen molar-refractivity contribution in [3.63, 3.8) is 0 Å². The molecule has 1 atom stereocenters. The van der Waals surface area contributed by atoms with E-state index in [1.807, 2.05) is 80.1 Å². The maximum atomic E-state index is 12.8. The SMILES string of the molecule is Cc1ccc(O[C@H](C)C(=O)N(C)Cc2c(C)nn(-c3ccccc3)c2C)cc1. The van der Waals surface area contributed by atoms with Crippen molar-refractivity contribution >= 4 is 5.91 Å². The third kappa shape index (κ3) is 4.25. The van der Waals surface area contributed by atoms with Crippen molar-refractivity contribution in [1.29, 1.82) is 0 Å². The van der Waals surface area contributed by atoms with E-state index in [-0.39, 0.29) is 5.91 Å². The number of ether oxygens (including phenoxy) is 1. The molecule has 28 heavy (non-hydrogen) atoms. The minimum absolute atomic E-state index is 0.0631. The van der Waals surface area contributed by atoms with Gasteiger partial charge in [-0.3, -0.25) is 4.79 Å². The third-order valence-corrected chi connectivity index (χ3v) is 4.90. The smallest absolute Gasteiger partial charge is 0.263 e. The van der Waals surface area contributed by atoms with Crippen molar-refractivity contribution < 1.29 is 9.53 Å². The molecule has 1 aromatic heterocycles. The second-order valence-electron chi connectivity index (χ2n) is 7.16. The Morgan fingerprint density at radius 2 is 1.71 bits per heavy atom. The lowest BCUT2D eigenvalue weighted by atomic mass is 10.1. The van der Waals surface area contributed by atoms with E-state index in [1.165, 1.54) is 0 Å². The zero-order chi connectivity index (χ0) is 20.3. The van der Waals surface area contributed by atoms with E-state index in [9.17, 15) is 4.79 Å². The first-order chi connectivity index (χ1) is 13.4. The molecule has 146 valence electrons. The van der Waals surface area contributed by atoms with E-state index in [2.05, 4.69) is 5.10 Å². The number of likely N-dealkylation sites (N-methyl/N-ethyl adjacent to an activating group) is 1. The van der Waals surface area contributed by atoms with Crippen LogP contribution in [0.2, 0.25) is 0 Å². The van der Waals surface area contributed by atoms with Crippen LogP contribution < -0.4 is 4.74 Å². The van der Waals surface area contributed by atoms with Crippen LogP contribution in [0, 0.1) is 20.8 Å². The number of hydrogen-bond donors (Lipinski definition) is 0. The number of rotatable bonds is 6. The van der Waals surface area contributed by atoms with E-state index in [0.717, 1.165) is 28.2 Å². The van der Waals surface area contributed by atoms with E-state index in [1.54, 1.807) is 18.9 Å². The van der Waals surface area contributed by atoms with Gasteiger partial charge in [-0.25, -0.2) is 4.68 Å². The normalized spacial score (nSPS) is 11.9. The van der Waals surface area contributed by atoms with E-state index >= 15 is 0 Å². The highest BCUT2D eigenvalue weighted by molar-refractivity contribution is 5.80. The summed E-state index contributed by atoms with van der Waals surface area (Å²) in [4.78, 5) is 14.5. The van der Waals surface area contributed by atoms with Crippen molar-refractivity contribution in [2.45, 2.75) is 40.3 Å². The second kappa shape index (κ2) is 8.30. The molecule has 0 aliphatic rings. The summed E-state index contributed by atoms with van der Waals surface area (Å²) in [6.45, 7) is 8.31. The van der Waals surface area contributed by atoms with Gasteiger partial charge in [0.15, 0.2) is 6.10 Å². The fourth-order valence-corrected chi connectivity index (χ4v) is 3.22. The molecule has 0 aliphatic carbocycles. The van der Waals surface area contributed by atoms with Crippen molar-refractivity contribution in [3.8, 4) is 11.4 Å². The molecule has 1 heterocycles. The van der Waals surface area contributed by atoms with Crippen molar-refractivity contribution in [2.75, 3.05) is 7.05 Å². The average molecular weight is 377 g/mol. The molecule has 0 saturated heterocycles. The monoisotopic (exact) mass is 377 g/mol. The molecule has 5 nitrogen and oxygen atoms in total. The molecule has 0 fully saturated rings. The van der Waals surface area contributed by atoms with E-state index < -0.39 is 6.10 Å². The van der Waals surface area contributed by atoms with Crippen LogP contribution in [-0.4, -0.2) is 33.7 Å². The summed E-state index contributed by atoms with van der Waals surface area (Å²) in [7, 11) is 1.80. The highest BCUT2D eigenvalue weighted by Crippen LogP contribution is 2.20. The quantitative estimate of drug-likeness (QED) is 0.646. The summed E-state index contributed by atoms with van der Waals surface area (Å²) in [5, 5.41) is 4.66. The molecule has 0 saturated carbocycles. The fourth-order valence-electron chi connectivity index (χ4n) is 3.22. The number of aromatic nitrogens is 2. The minimum Gasteiger partial charge on any atom is -0.481 e. The number of aryl methyl sites for hydroxylation is 2. The first-order valence-electron chi connectivity index (χ1n) is 9.45. The van der Waals surface area contributed by atoms with Gasteiger partial charge in [-0.1, -0.05) is 35.9 Å². The predicted octanol–water partition coefficient (Wildman–Crippen LogP) is 4.22. The number of benzene rings is 2. The van der Waals surface area contributed by atoms with Crippen LogP contribution >= 0.6 is 0 Å². The first-order valence-corrected chi connectivity index (χ1v) is 9.45. The Morgan fingerprint density at radius 1 is 1.07 bits per heavy atom. The molecule has 0 N–H and O–H groups in total. The number of para-hydroxylation sites is 1. The average Bonchev–Trinajstić information content (AvgIpc) is 2.98. The standard InChI is InChI=1S/C23H27N3O2/c1-16-11-13-21(14-12-16)28-19(4)23(27)25(5)15-22-17(2)24-26(18(22)3)20-9-7-6-8-10-20/h6-14,19H,15H2,1-5H3/t19-/m1/s1. The lowest BCUT2D eigenvalue weighted by Crippen LogP contribution is -2.37. The molecular formula is C23H27N3O2. The molecule has 0 spiro atoms. The van der Waals surface area contributed by atoms with Crippen molar-refractivity contribution in [2.24, 2.45) is 0 Å². The molecule has 2 aromatic carbocycles. The Balaban J connectivity index is 1.71. The van der Waals surface area contributed by atoms with Crippen molar-refractivity contribution in [1.82, 2.24) is 14.7 Å². The van der Waals surface area contributed by atoms with Gasteiger partial charge in [0, 0.05) is 24.8 Å². The Labute approximate surface area is 166 Å². The van der Waals surface area contributed by atoms with Crippen LogP contribution in [-0.2, 0) is 11.3 Å². The number of amides is 1. The summed E-state index contributed by atoms with van der Waals surface area (Å²) >= 11 is 0. The number of carbonyl (C=O) groups excluding carboxylic acids is 1. The van der Waals surface area contributed by atoms with Crippen LogP contribution in [0.4, 0.5) is 0 Å². The fraction of sp³-hybridized carbons (Fsp3) is 0.304. The molecule has 3 rings (SSSR count). The molecule has 0 aliphatic heterocycles. The van der Waals surface area contributed by atoms with Gasteiger partial charge in [-0.05, 0) is 52.0 Å². The minimum atomic E-state index is -0.558. The van der Waals surface area contributed by atoms with Crippen LogP contribution in [0.5, 0.6) is 5.75 Å². The summed E-state index contributed by atoms with van der Waals surface area (Å²) in [6, 6.07) is 17.7. The zero-order valence-electron chi connectivity index (χ0n) is 17.1. The Morgan fingerprint density at radius 3 is 2.36 bits per heavy atom. The molecule has 0 radical (unpaired) electrons.